The van der Waals surface area contributed by atoms with Crippen LogP contribution in [0, 0.1) is 6.92 Å². The van der Waals surface area contributed by atoms with E-state index < -0.39 is 0 Å². The first-order valence-corrected chi connectivity index (χ1v) is 7.58. The Labute approximate surface area is 128 Å². The minimum absolute atomic E-state index is 0.0478. The van der Waals surface area contributed by atoms with Crippen LogP contribution in [0.3, 0.4) is 0 Å². The second-order valence-corrected chi connectivity index (χ2v) is 6.08. The van der Waals surface area contributed by atoms with Gasteiger partial charge in [-0.15, -0.1) is 0 Å². The molecule has 1 saturated heterocycles. The molecule has 0 N–H and O–H groups in total. The van der Waals surface area contributed by atoms with Gasteiger partial charge < -0.3 is 9.42 Å². The Bertz CT molecular complexity index is 758. The van der Waals surface area contributed by atoms with Gasteiger partial charge in [-0.05, 0) is 37.8 Å². The molecule has 0 aliphatic carbocycles. The molecule has 22 heavy (non-hydrogen) atoms. The Kier molecular flexibility index (Phi) is 2.92. The normalized spacial score (nSPS) is 23.7. The van der Waals surface area contributed by atoms with E-state index in [4.69, 9.17) is 4.52 Å². The smallest absolute Gasteiger partial charge is 0.293 e. The third-order valence-corrected chi connectivity index (χ3v) is 4.62. The van der Waals surface area contributed by atoms with Crippen LogP contribution in [0.15, 0.2) is 28.9 Å². The van der Waals surface area contributed by atoms with Gasteiger partial charge in [0.1, 0.15) is 0 Å². The lowest BCUT2D eigenvalue weighted by Gasteiger charge is -2.33. The molecular weight excluding hydrogens is 280 g/mol. The predicted octanol–water partition coefficient (Wildman–Crippen LogP) is 2.18. The minimum atomic E-state index is -0.0478. The largest absolute Gasteiger partial charge is 0.351 e. The molecule has 0 saturated carbocycles. The maximum Gasteiger partial charge on any atom is 0.293 e. The molecule has 0 radical (unpaired) electrons. The molecule has 4 heterocycles. The van der Waals surface area contributed by atoms with Gasteiger partial charge in [-0.3, -0.25) is 9.48 Å². The number of aryl methyl sites for hydroxylation is 2. The first kappa shape index (κ1) is 13.3. The Morgan fingerprint density at radius 3 is 2.91 bits per heavy atom. The molecule has 6 nitrogen and oxygen atoms in total. The van der Waals surface area contributed by atoms with Crippen LogP contribution in [-0.2, 0) is 7.05 Å². The Morgan fingerprint density at radius 1 is 1.41 bits per heavy atom. The lowest BCUT2D eigenvalue weighted by atomic mass is 9.98. The number of nitrogens with zero attached hydrogens (tertiary/aromatic N) is 4. The number of hydrogen-bond acceptors (Lipinski definition) is 4. The van der Waals surface area contributed by atoms with Crippen LogP contribution in [0.1, 0.15) is 41.2 Å². The van der Waals surface area contributed by atoms with E-state index in [0.29, 0.717) is 5.76 Å². The summed E-state index contributed by atoms with van der Waals surface area (Å²) in [5.41, 5.74) is 3.16. The van der Waals surface area contributed by atoms with Gasteiger partial charge in [0.15, 0.2) is 0 Å². The molecule has 2 aromatic heterocycles. The van der Waals surface area contributed by atoms with E-state index in [1.807, 2.05) is 35.8 Å². The fraction of sp³-hybridized carbons (Fsp3) is 0.438. The fourth-order valence-electron chi connectivity index (χ4n) is 3.62. The lowest BCUT2D eigenvalue weighted by molar-refractivity contribution is 0.0649. The molecule has 1 amide bonds. The van der Waals surface area contributed by atoms with Gasteiger partial charge in [0.2, 0.25) is 5.76 Å². The molecule has 2 aliphatic rings. The van der Waals surface area contributed by atoms with Gasteiger partial charge in [0.25, 0.3) is 5.91 Å². The maximum absolute atomic E-state index is 12.7. The van der Waals surface area contributed by atoms with Gasteiger partial charge in [0, 0.05) is 25.4 Å². The number of aromatic nitrogens is 3. The fourth-order valence-corrected chi connectivity index (χ4v) is 3.62. The number of rotatable bonds is 2. The summed E-state index contributed by atoms with van der Waals surface area (Å²) in [6, 6.07) is 4.12. The minimum Gasteiger partial charge on any atom is -0.351 e. The summed E-state index contributed by atoms with van der Waals surface area (Å²) in [6.45, 7) is 1.82. The molecule has 2 unspecified atom stereocenters. The van der Waals surface area contributed by atoms with Crippen molar-refractivity contribution in [2.24, 2.45) is 7.05 Å². The van der Waals surface area contributed by atoms with Crippen LogP contribution in [-0.4, -0.2) is 37.8 Å². The van der Waals surface area contributed by atoms with Gasteiger partial charge in [-0.1, -0.05) is 11.2 Å². The molecule has 4 rings (SSSR count). The quantitative estimate of drug-likeness (QED) is 0.852. The first-order chi connectivity index (χ1) is 10.6. The zero-order chi connectivity index (χ0) is 15.3. The molecule has 2 atom stereocenters. The van der Waals surface area contributed by atoms with Crippen molar-refractivity contribution in [3.63, 3.8) is 0 Å². The second kappa shape index (κ2) is 4.83. The molecule has 1 fully saturated rings. The second-order valence-electron chi connectivity index (χ2n) is 6.08. The zero-order valence-electron chi connectivity index (χ0n) is 12.7. The third kappa shape index (κ3) is 1.98. The molecule has 2 aromatic rings. The van der Waals surface area contributed by atoms with E-state index in [-0.39, 0.29) is 18.0 Å². The summed E-state index contributed by atoms with van der Waals surface area (Å²) in [7, 11) is 1.95. The Balaban J connectivity index is 1.64. The standard InChI is InChI=1S/C16H18N4O2/c1-10-7-15(22-18-10)16(21)20-12-3-4-13(20)9-11(8-12)14-5-6-17-19(14)2/h5-8,12-13H,3-4,9H2,1-2H3. The van der Waals surface area contributed by atoms with E-state index in [0.717, 1.165) is 30.7 Å². The van der Waals surface area contributed by atoms with Gasteiger partial charge in [0.05, 0.1) is 17.4 Å². The monoisotopic (exact) mass is 298 g/mol. The van der Waals surface area contributed by atoms with Crippen molar-refractivity contribution in [2.45, 2.75) is 38.3 Å². The SMILES string of the molecule is Cc1cc(C(=O)N2C3C=C(c4ccnn4C)CC2CC3)on1. The highest BCUT2D eigenvalue weighted by molar-refractivity contribution is 5.93. The Morgan fingerprint density at radius 2 is 2.27 bits per heavy atom. The number of amides is 1. The number of hydrogen-bond donors (Lipinski definition) is 0. The van der Waals surface area contributed by atoms with Crippen LogP contribution in [0.5, 0.6) is 0 Å². The summed E-state index contributed by atoms with van der Waals surface area (Å²) < 4.78 is 7.04. The van der Waals surface area contributed by atoms with Gasteiger partial charge >= 0.3 is 0 Å². The number of carbonyl (C=O) groups excluding carboxylic acids is 1. The molecule has 0 spiro atoms. The number of fused-ring (bicyclic) bond motifs is 2. The van der Waals surface area contributed by atoms with Crippen molar-refractivity contribution in [1.29, 1.82) is 0 Å². The van der Waals surface area contributed by atoms with Crippen molar-refractivity contribution in [2.75, 3.05) is 0 Å². The lowest BCUT2D eigenvalue weighted by Crippen LogP contribution is -2.42. The summed E-state index contributed by atoms with van der Waals surface area (Å²) in [4.78, 5) is 14.6. The van der Waals surface area contributed by atoms with Crippen molar-refractivity contribution in [1.82, 2.24) is 19.8 Å². The van der Waals surface area contributed by atoms with Crippen LogP contribution in [0.2, 0.25) is 0 Å². The summed E-state index contributed by atoms with van der Waals surface area (Å²) in [6.07, 6.45) is 6.93. The average molecular weight is 298 g/mol. The summed E-state index contributed by atoms with van der Waals surface area (Å²) >= 11 is 0. The van der Waals surface area contributed by atoms with Crippen LogP contribution in [0.4, 0.5) is 0 Å². The van der Waals surface area contributed by atoms with Crippen molar-refractivity contribution in [3.8, 4) is 0 Å². The van der Waals surface area contributed by atoms with Crippen LogP contribution >= 0.6 is 0 Å². The molecule has 2 aliphatic heterocycles. The third-order valence-electron chi connectivity index (χ3n) is 4.62. The molecule has 0 aromatic carbocycles. The maximum atomic E-state index is 12.7. The first-order valence-electron chi connectivity index (χ1n) is 7.58. The van der Waals surface area contributed by atoms with Gasteiger partial charge in [-0.25, -0.2) is 0 Å². The topological polar surface area (TPSA) is 64.2 Å². The van der Waals surface area contributed by atoms with E-state index in [9.17, 15) is 4.79 Å². The van der Waals surface area contributed by atoms with Crippen molar-refractivity contribution < 1.29 is 9.32 Å². The predicted molar refractivity (Wildman–Crippen MR) is 80.0 cm³/mol. The van der Waals surface area contributed by atoms with E-state index in [1.54, 1.807) is 6.07 Å². The molecule has 2 bridgehead atoms. The highest BCUT2D eigenvalue weighted by Gasteiger charge is 2.41. The summed E-state index contributed by atoms with van der Waals surface area (Å²) in [5, 5.41) is 8.06. The van der Waals surface area contributed by atoms with E-state index >= 15 is 0 Å². The molecule has 114 valence electrons. The van der Waals surface area contributed by atoms with Crippen LogP contribution < -0.4 is 0 Å². The van der Waals surface area contributed by atoms with E-state index in [2.05, 4.69) is 16.3 Å². The number of carbonyl (C=O) groups is 1. The molecule has 6 heteroatoms. The van der Waals surface area contributed by atoms with Crippen molar-refractivity contribution in [3.05, 3.63) is 41.6 Å². The van der Waals surface area contributed by atoms with Crippen LogP contribution in [0.25, 0.3) is 5.57 Å². The Hall–Kier alpha value is -2.37. The average Bonchev–Trinajstić information content (AvgIpc) is 3.17. The summed E-state index contributed by atoms with van der Waals surface area (Å²) in [5.74, 6) is 0.292. The highest BCUT2D eigenvalue weighted by atomic mass is 16.5. The molecular formula is C16H18N4O2. The highest BCUT2D eigenvalue weighted by Crippen LogP contribution is 2.39. The zero-order valence-corrected chi connectivity index (χ0v) is 12.7. The van der Waals surface area contributed by atoms with E-state index in [1.165, 1.54) is 5.57 Å². The van der Waals surface area contributed by atoms with Gasteiger partial charge in [-0.2, -0.15) is 5.10 Å². The van der Waals surface area contributed by atoms with Crippen molar-refractivity contribution >= 4 is 11.5 Å².